The van der Waals surface area contributed by atoms with Crippen molar-refractivity contribution in [2.24, 2.45) is 0 Å². The van der Waals surface area contributed by atoms with Crippen LogP contribution in [0.1, 0.15) is 30.2 Å². The maximum atomic E-state index is 13.7. The molecule has 166 valence electrons. The van der Waals surface area contributed by atoms with E-state index in [2.05, 4.69) is 6.07 Å². The Bertz CT molecular complexity index is 1240. The van der Waals surface area contributed by atoms with Crippen LogP contribution in [0.4, 0.5) is 0 Å². The van der Waals surface area contributed by atoms with Crippen LogP contribution in [0.3, 0.4) is 0 Å². The summed E-state index contributed by atoms with van der Waals surface area (Å²) < 4.78 is 7.14. The smallest absolute Gasteiger partial charge is 0.267 e. The second kappa shape index (κ2) is 9.76. The Hall–Kier alpha value is -2.83. The average molecular weight is 469 g/mol. The number of hydrogen-bond acceptors (Lipinski definition) is 7. The first-order valence-electron chi connectivity index (χ1n) is 10.6. The van der Waals surface area contributed by atoms with Gasteiger partial charge < -0.3 is 9.64 Å². The monoisotopic (exact) mass is 468 g/mol. The topological polar surface area (TPSA) is 88.2 Å². The summed E-state index contributed by atoms with van der Waals surface area (Å²) in [6.45, 7) is 2.87. The third-order valence-electron chi connectivity index (χ3n) is 5.42. The number of benzene rings is 1. The van der Waals surface area contributed by atoms with Gasteiger partial charge in [0, 0.05) is 18.5 Å². The number of aromatic nitrogens is 2. The summed E-state index contributed by atoms with van der Waals surface area (Å²) in [7, 11) is 1.68. The van der Waals surface area contributed by atoms with Crippen LogP contribution >= 0.6 is 23.1 Å². The van der Waals surface area contributed by atoms with Gasteiger partial charge in [-0.3, -0.25) is 14.2 Å². The number of fused-ring (bicyclic) bond motifs is 3. The van der Waals surface area contributed by atoms with E-state index in [1.165, 1.54) is 21.5 Å². The first-order chi connectivity index (χ1) is 15.5. The van der Waals surface area contributed by atoms with Crippen LogP contribution in [-0.4, -0.2) is 46.3 Å². The van der Waals surface area contributed by atoms with Crippen LogP contribution in [-0.2, 0) is 17.6 Å². The molecule has 2 aromatic heterocycles. The predicted octanol–water partition coefficient (Wildman–Crippen LogP) is 3.80. The van der Waals surface area contributed by atoms with E-state index < -0.39 is 0 Å². The molecule has 1 aliphatic carbocycles. The fraction of sp³-hybridized carbons (Fsp3) is 0.391. The number of nitrogens with zero attached hydrogens (tertiary/aromatic N) is 4. The van der Waals surface area contributed by atoms with Crippen LogP contribution in [0.25, 0.3) is 15.9 Å². The third-order valence-corrected chi connectivity index (χ3v) is 7.53. The van der Waals surface area contributed by atoms with Gasteiger partial charge >= 0.3 is 0 Å². The van der Waals surface area contributed by atoms with Crippen molar-refractivity contribution in [2.45, 2.75) is 37.8 Å². The summed E-state index contributed by atoms with van der Waals surface area (Å²) in [5, 5.41) is 9.95. The number of carbonyl (C=O) groups excluding carboxylic acids is 1. The number of amides is 1. The molecular formula is C23H24N4O3S2. The summed E-state index contributed by atoms with van der Waals surface area (Å²) in [5.74, 6) is 0.770. The Balaban J connectivity index is 1.73. The lowest BCUT2D eigenvalue weighted by molar-refractivity contribution is -0.127. The predicted molar refractivity (Wildman–Crippen MR) is 127 cm³/mol. The third kappa shape index (κ3) is 4.38. The lowest BCUT2D eigenvalue weighted by Crippen LogP contribution is -2.29. The average Bonchev–Trinajstić information content (AvgIpc) is 3.37. The molecule has 32 heavy (non-hydrogen) atoms. The molecule has 7 nitrogen and oxygen atoms in total. The van der Waals surface area contributed by atoms with Crippen molar-refractivity contribution in [3.63, 3.8) is 0 Å². The molecule has 9 heteroatoms. The Morgan fingerprint density at radius 1 is 1.34 bits per heavy atom. The van der Waals surface area contributed by atoms with E-state index in [0.29, 0.717) is 29.4 Å². The lowest BCUT2D eigenvalue weighted by atomic mass is 10.2. The quantitative estimate of drug-likeness (QED) is 0.369. The molecule has 0 spiro atoms. The number of hydrogen-bond donors (Lipinski definition) is 0. The second-order valence-electron chi connectivity index (χ2n) is 7.51. The van der Waals surface area contributed by atoms with Crippen LogP contribution < -0.4 is 10.3 Å². The summed E-state index contributed by atoms with van der Waals surface area (Å²) in [5.41, 5.74) is 1.73. The molecule has 0 radical (unpaired) electrons. The lowest BCUT2D eigenvalue weighted by Gasteiger charge is -2.16. The number of ether oxygens (including phenoxy) is 1. The standard InChI is InChI=1S/C23H24N4O3S2/c1-3-30-16-10-8-15(9-11-16)27-22(29)20-17-6-4-7-18(17)32-21(20)25-23(27)31-14-19(28)26(2)13-5-12-24/h8-11H,3-7,13-14H2,1-2H3. The first-order valence-corrected chi connectivity index (χ1v) is 12.4. The second-order valence-corrected chi connectivity index (χ2v) is 9.54. The van der Waals surface area contributed by atoms with Gasteiger partial charge in [-0.05, 0) is 56.0 Å². The van der Waals surface area contributed by atoms with E-state index in [1.54, 1.807) is 23.0 Å². The number of thiophene rings is 1. The molecule has 0 N–H and O–H groups in total. The van der Waals surface area contributed by atoms with Crippen molar-refractivity contribution < 1.29 is 9.53 Å². The molecule has 0 fully saturated rings. The minimum absolute atomic E-state index is 0.0913. The molecule has 0 aliphatic heterocycles. The van der Waals surface area contributed by atoms with Gasteiger partial charge in [0.1, 0.15) is 10.6 Å². The summed E-state index contributed by atoms with van der Waals surface area (Å²) in [4.78, 5) is 34.5. The van der Waals surface area contributed by atoms with Gasteiger partial charge in [-0.25, -0.2) is 4.98 Å². The van der Waals surface area contributed by atoms with E-state index in [0.717, 1.165) is 35.4 Å². The highest BCUT2D eigenvalue weighted by molar-refractivity contribution is 7.99. The highest BCUT2D eigenvalue weighted by Gasteiger charge is 2.24. The molecule has 1 aromatic carbocycles. The largest absolute Gasteiger partial charge is 0.494 e. The number of carbonyl (C=O) groups is 1. The van der Waals surface area contributed by atoms with Crippen LogP contribution in [0, 0.1) is 11.3 Å². The van der Waals surface area contributed by atoms with Gasteiger partial charge in [0.2, 0.25) is 5.91 Å². The fourth-order valence-electron chi connectivity index (χ4n) is 3.79. The van der Waals surface area contributed by atoms with Crippen LogP contribution in [0.2, 0.25) is 0 Å². The zero-order valence-corrected chi connectivity index (χ0v) is 19.7. The van der Waals surface area contributed by atoms with E-state index in [-0.39, 0.29) is 23.6 Å². The van der Waals surface area contributed by atoms with Crippen LogP contribution in [0.15, 0.2) is 34.2 Å². The highest BCUT2D eigenvalue weighted by atomic mass is 32.2. The Kier molecular flexibility index (Phi) is 6.82. The number of rotatable bonds is 8. The zero-order chi connectivity index (χ0) is 22.7. The van der Waals surface area contributed by atoms with Gasteiger partial charge in [-0.15, -0.1) is 11.3 Å². The minimum Gasteiger partial charge on any atom is -0.494 e. The van der Waals surface area contributed by atoms with Gasteiger partial charge in [-0.2, -0.15) is 5.26 Å². The maximum absolute atomic E-state index is 13.7. The van der Waals surface area contributed by atoms with Crippen molar-refractivity contribution >= 4 is 39.2 Å². The Morgan fingerprint density at radius 3 is 2.84 bits per heavy atom. The van der Waals surface area contributed by atoms with Gasteiger partial charge in [-0.1, -0.05) is 11.8 Å². The van der Waals surface area contributed by atoms with Crippen LogP contribution in [0.5, 0.6) is 5.75 Å². The number of thioether (sulfide) groups is 1. The van der Waals surface area contributed by atoms with Gasteiger partial charge in [0.15, 0.2) is 5.16 Å². The molecule has 0 atom stereocenters. The van der Waals surface area contributed by atoms with Crippen molar-refractivity contribution in [3.05, 3.63) is 45.1 Å². The summed E-state index contributed by atoms with van der Waals surface area (Å²) in [6.07, 6.45) is 3.25. The zero-order valence-electron chi connectivity index (χ0n) is 18.1. The van der Waals surface area contributed by atoms with Crippen molar-refractivity contribution in [1.29, 1.82) is 5.26 Å². The van der Waals surface area contributed by atoms with Crippen molar-refractivity contribution in [1.82, 2.24) is 14.5 Å². The Morgan fingerprint density at radius 2 is 2.12 bits per heavy atom. The molecule has 0 bridgehead atoms. The normalized spacial score (nSPS) is 12.5. The van der Waals surface area contributed by atoms with Gasteiger partial charge in [0.25, 0.3) is 5.56 Å². The minimum atomic E-state index is -0.105. The molecular weight excluding hydrogens is 444 g/mol. The van der Waals surface area contributed by atoms with E-state index in [4.69, 9.17) is 15.0 Å². The summed E-state index contributed by atoms with van der Waals surface area (Å²) >= 11 is 2.84. The van der Waals surface area contributed by atoms with Gasteiger partial charge in [0.05, 0.1) is 35.9 Å². The maximum Gasteiger partial charge on any atom is 0.267 e. The molecule has 0 unspecified atom stereocenters. The molecule has 2 heterocycles. The molecule has 0 saturated carbocycles. The Labute approximate surface area is 194 Å². The van der Waals surface area contributed by atoms with E-state index in [9.17, 15) is 9.59 Å². The van der Waals surface area contributed by atoms with E-state index in [1.807, 2.05) is 31.2 Å². The fourth-order valence-corrected chi connectivity index (χ4v) is 6.04. The molecule has 3 aromatic rings. The molecule has 1 aliphatic rings. The van der Waals surface area contributed by atoms with E-state index >= 15 is 0 Å². The SMILES string of the molecule is CCOc1ccc(-n2c(SCC(=O)N(C)CCC#N)nc3sc4c(c3c2=O)CCC4)cc1. The first kappa shape index (κ1) is 22.4. The van der Waals surface area contributed by atoms with Crippen molar-refractivity contribution in [2.75, 3.05) is 26.0 Å². The number of nitriles is 1. The van der Waals surface area contributed by atoms with Crippen molar-refractivity contribution in [3.8, 4) is 17.5 Å². The molecule has 0 saturated heterocycles. The summed E-state index contributed by atoms with van der Waals surface area (Å²) in [6, 6.07) is 9.41. The number of aryl methyl sites for hydroxylation is 2. The highest BCUT2D eigenvalue weighted by Crippen LogP contribution is 2.36. The molecule has 1 amide bonds. The molecule has 4 rings (SSSR count).